The van der Waals surface area contributed by atoms with E-state index in [2.05, 4.69) is 5.32 Å². The molecule has 202 valence electrons. The molecule has 0 aromatic heterocycles. The normalized spacial score (nSPS) is 19.7. The lowest BCUT2D eigenvalue weighted by atomic mass is 9.85. The Balaban J connectivity index is 1.34. The minimum Gasteiger partial charge on any atom is -0.484 e. The topological polar surface area (TPSA) is 124 Å². The number of benzene rings is 3. The SMILES string of the molecule is O=C(COc1ccccc1)NC1C(=O)N(C(O)C(=O)OCc2ccccc2)C1c1ccccc1C1OCCO1. The molecule has 2 aliphatic heterocycles. The summed E-state index contributed by atoms with van der Waals surface area (Å²) >= 11 is 0. The molecule has 10 nitrogen and oxygen atoms in total. The van der Waals surface area contributed by atoms with Gasteiger partial charge in [-0.3, -0.25) is 14.5 Å². The highest BCUT2D eigenvalue weighted by Gasteiger charge is 2.54. The summed E-state index contributed by atoms with van der Waals surface area (Å²) in [4.78, 5) is 39.8. The fraction of sp³-hybridized carbons (Fsp3) is 0.276. The van der Waals surface area contributed by atoms with Crippen molar-refractivity contribution in [3.63, 3.8) is 0 Å². The van der Waals surface area contributed by atoms with Gasteiger partial charge >= 0.3 is 5.97 Å². The number of ether oxygens (including phenoxy) is 4. The van der Waals surface area contributed by atoms with Gasteiger partial charge in [-0.1, -0.05) is 72.8 Å². The molecule has 3 aromatic rings. The van der Waals surface area contributed by atoms with Gasteiger partial charge in [0.15, 0.2) is 12.9 Å². The van der Waals surface area contributed by atoms with E-state index in [0.717, 1.165) is 10.5 Å². The smallest absolute Gasteiger partial charge is 0.356 e. The fourth-order valence-corrected chi connectivity index (χ4v) is 4.58. The number of aliphatic hydroxyl groups excluding tert-OH is 1. The number of rotatable bonds is 10. The molecule has 0 spiro atoms. The molecular formula is C29H28N2O8. The number of hydrogen-bond acceptors (Lipinski definition) is 8. The Labute approximate surface area is 225 Å². The van der Waals surface area contributed by atoms with Crippen molar-refractivity contribution < 1.29 is 38.4 Å². The van der Waals surface area contributed by atoms with Gasteiger partial charge < -0.3 is 29.4 Å². The predicted octanol–water partition coefficient (Wildman–Crippen LogP) is 2.24. The zero-order valence-electron chi connectivity index (χ0n) is 21.0. The van der Waals surface area contributed by atoms with Crippen LogP contribution in [0.15, 0.2) is 84.9 Å². The van der Waals surface area contributed by atoms with Gasteiger partial charge in [0.05, 0.1) is 19.3 Å². The number of nitrogens with one attached hydrogen (secondary N) is 1. The second kappa shape index (κ2) is 12.1. The first-order valence-corrected chi connectivity index (χ1v) is 12.5. The van der Waals surface area contributed by atoms with Gasteiger partial charge in [0.25, 0.3) is 11.8 Å². The van der Waals surface area contributed by atoms with Crippen molar-refractivity contribution in [2.45, 2.75) is 31.2 Å². The summed E-state index contributed by atoms with van der Waals surface area (Å²) in [6.07, 6.45) is -2.57. The minimum absolute atomic E-state index is 0.0687. The third-order valence-electron chi connectivity index (χ3n) is 6.45. The second-order valence-corrected chi connectivity index (χ2v) is 9.01. The molecule has 3 atom stereocenters. The Morgan fingerprint density at radius 3 is 2.23 bits per heavy atom. The molecule has 2 amide bonds. The maximum absolute atomic E-state index is 13.2. The summed E-state index contributed by atoms with van der Waals surface area (Å²) in [6.45, 7) is 0.412. The largest absolute Gasteiger partial charge is 0.484 e. The molecule has 10 heteroatoms. The Morgan fingerprint density at radius 2 is 1.54 bits per heavy atom. The van der Waals surface area contributed by atoms with Crippen molar-refractivity contribution in [2.75, 3.05) is 19.8 Å². The van der Waals surface area contributed by atoms with Crippen molar-refractivity contribution in [1.82, 2.24) is 10.2 Å². The van der Waals surface area contributed by atoms with Gasteiger partial charge in [-0.15, -0.1) is 0 Å². The molecule has 0 saturated carbocycles. The molecule has 2 N–H and O–H groups in total. The molecule has 2 heterocycles. The molecule has 3 unspecified atom stereocenters. The molecule has 2 aliphatic rings. The lowest BCUT2D eigenvalue weighted by molar-refractivity contribution is -0.189. The quantitative estimate of drug-likeness (QED) is 0.301. The number of likely N-dealkylation sites (tertiary alicyclic amines) is 1. The number of aliphatic hydroxyl groups is 1. The number of carbonyl (C=O) groups excluding carboxylic acids is 3. The lowest BCUT2D eigenvalue weighted by Crippen LogP contribution is -2.69. The van der Waals surface area contributed by atoms with Gasteiger partial charge in [-0.05, 0) is 23.3 Å². The van der Waals surface area contributed by atoms with Crippen LogP contribution < -0.4 is 10.1 Å². The minimum atomic E-state index is -1.89. The average Bonchev–Trinajstić information content (AvgIpc) is 3.52. The summed E-state index contributed by atoms with van der Waals surface area (Å²) in [5.74, 6) is -1.66. The van der Waals surface area contributed by atoms with Crippen LogP contribution in [0.3, 0.4) is 0 Å². The molecular weight excluding hydrogens is 504 g/mol. The highest BCUT2D eigenvalue weighted by atomic mass is 16.7. The van der Waals surface area contributed by atoms with Crippen LogP contribution in [-0.2, 0) is 35.2 Å². The zero-order chi connectivity index (χ0) is 27.2. The van der Waals surface area contributed by atoms with Crippen LogP contribution in [0.2, 0.25) is 0 Å². The van der Waals surface area contributed by atoms with E-state index in [1.807, 2.05) is 12.1 Å². The van der Waals surface area contributed by atoms with E-state index in [1.54, 1.807) is 72.8 Å². The maximum Gasteiger partial charge on any atom is 0.356 e. The summed E-state index contributed by atoms with van der Waals surface area (Å²) in [5.41, 5.74) is 1.92. The van der Waals surface area contributed by atoms with E-state index in [-0.39, 0.29) is 13.2 Å². The van der Waals surface area contributed by atoms with Crippen LogP contribution in [0.4, 0.5) is 0 Å². The molecule has 2 saturated heterocycles. The average molecular weight is 533 g/mol. The predicted molar refractivity (Wildman–Crippen MR) is 137 cm³/mol. The number of amides is 2. The number of carbonyl (C=O) groups is 3. The maximum atomic E-state index is 13.2. The van der Waals surface area contributed by atoms with E-state index in [4.69, 9.17) is 18.9 Å². The Morgan fingerprint density at radius 1 is 0.923 bits per heavy atom. The molecule has 39 heavy (non-hydrogen) atoms. The molecule has 2 fully saturated rings. The van der Waals surface area contributed by atoms with Crippen LogP contribution in [-0.4, -0.2) is 59.9 Å². The second-order valence-electron chi connectivity index (χ2n) is 9.01. The Hall–Kier alpha value is -4.25. The van der Waals surface area contributed by atoms with Crippen molar-refractivity contribution in [1.29, 1.82) is 0 Å². The zero-order valence-corrected chi connectivity index (χ0v) is 21.0. The summed E-state index contributed by atoms with van der Waals surface area (Å²) in [5, 5.41) is 13.6. The van der Waals surface area contributed by atoms with E-state index in [1.165, 1.54) is 0 Å². The number of hydrogen-bond donors (Lipinski definition) is 2. The third kappa shape index (κ3) is 5.93. The van der Waals surface area contributed by atoms with Gasteiger partial charge in [0.2, 0.25) is 6.23 Å². The molecule has 3 aromatic carbocycles. The van der Waals surface area contributed by atoms with Crippen LogP contribution in [0, 0.1) is 0 Å². The standard InChI is InChI=1S/C29H28N2O8/c32-23(18-38-20-11-5-2-6-12-20)30-24-25(21-13-7-8-14-22(21)29-36-15-16-37-29)31(26(24)33)27(34)28(35)39-17-19-9-3-1-4-10-19/h1-14,24-25,27,29,34H,15-18H2,(H,30,32). The monoisotopic (exact) mass is 532 g/mol. The van der Waals surface area contributed by atoms with Crippen LogP contribution in [0.5, 0.6) is 5.75 Å². The van der Waals surface area contributed by atoms with Gasteiger partial charge in [0, 0.05) is 5.56 Å². The van der Waals surface area contributed by atoms with E-state index < -0.39 is 42.4 Å². The number of β-lactam (4-membered cyclic amide) rings is 1. The molecule has 0 bridgehead atoms. The number of esters is 1. The molecule has 5 rings (SSSR count). The highest BCUT2D eigenvalue weighted by molar-refractivity contribution is 5.96. The van der Waals surface area contributed by atoms with Crippen molar-refractivity contribution in [3.05, 3.63) is 102 Å². The molecule has 0 aliphatic carbocycles. The van der Waals surface area contributed by atoms with E-state index >= 15 is 0 Å². The van der Waals surface area contributed by atoms with Gasteiger partial charge in [0.1, 0.15) is 18.4 Å². The van der Waals surface area contributed by atoms with Crippen molar-refractivity contribution >= 4 is 17.8 Å². The van der Waals surface area contributed by atoms with Gasteiger partial charge in [-0.2, -0.15) is 0 Å². The Bertz CT molecular complexity index is 1300. The van der Waals surface area contributed by atoms with Crippen molar-refractivity contribution in [2.24, 2.45) is 0 Å². The van der Waals surface area contributed by atoms with Crippen molar-refractivity contribution in [3.8, 4) is 5.75 Å². The number of nitrogens with zero attached hydrogens (tertiary/aromatic N) is 1. The first-order valence-electron chi connectivity index (χ1n) is 12.5. The summed E-state index contributed by atoms with van der Waals surface area (Å²) in [7, 11) is 0. The fourth-order valence-electron chi connectivity index (χ4n) is 4.58. The first kappa shape index (κ1) is 26.4. The lowest BCUT2D eigenvalue weighted by Gasteiger charge is -2.49. The molecule has 0 radical (unpaired) electrons. The summed E-state index contributed by atoms with van der Waals surface area (Å²) < 4.78 is 22.1. The van der Waals surface area contributed by atoms with E-state index in [9.17, 15) is 19.5 Å². The van der Waals surface area contributed by atoms with Crippen LogP contribution >= 0.6 is 0 Å². The summed E-state index contributed by atoms with van der Waals surface area (Å²) in [6, 6.07) is 22.9. The van der Waals surface area contributed by atoms with E-state index in [0.29, 0.717) is 30.1 Å². The third-order valence-corrected chi connectivity index (χ3v) is 6.45. The van der Waals surface area contributed by atoms with Gasteiger partial charge in [-0.25, -0.2) is 4.79 Å². The number of para-hydroxylation sites is 1. The Kier molecular flexibility index (Phi) is 8.16. The first-order chi connectivity index (χ1) is 19.0. The van der Waals surface area contributed by atoms with Crippen LogP contribution in [0.25, 0.3) is 0 Å². The van der Waals surface area contributed by atoms with Crippen LogP contribution in [0.1, 0.15) is 29.0 Å². The highest BCUT2D eigenvalue weighted by Crippen LogP contribution is 2.41.